The molecule has 0 saturated carbocycles. The van der Waals surface area contributed by atoms with Crippen LogP contribution in [0.4, 0.5) is 10.1 Å². The fourth-order valence-corrected chi connectivity index (χ4v) is 3.28. The highest BCUT2D eigenvalue weighted by Crippen LogP contribution is 2.34. The summed E-state index contributed by atoms with van der Waals surface area (Å²) in [5.41, 5.74) is 4.32. The molecule has 5 nitrogen and oxygen atoms in total. The Morgan fingerprint density at radius 3 is 2.46 bits per heavy atom. The largest absolute Gasteiger partial charge is 0.436 e. The molecule has 28 heavy (non-hydrogen) atoms. The highest BCUT2D eigenvalue weighted by molar-refractivity contribution is 5.81. The van der Waals surface area contributed by atoms with E-state index in [1.165, 1.54) is 0 Å². The molecule has 0 saturated heterocycles. The maximum absolute atomic E-state index is 14.0. The predicted molar refractivity (Wildman–Crippen MR) is 105 cm³/mol. The number of nitrogens with zero attached hydrogens (tertiary/aromatic N) is 4. The summed E-state index contributed by atoms with van der Waals surface area (Å²) in [6, 6.07) is 15.2. The molecule has 0 bridgehead atoms. The first-order valence-corrected chi connectivity index (χ1v) is 8.78. The molecule has 2 aromatic carbocycles. The Morgan fingerprint density at radius 1 is 1.07 bits per heavy atom. The zero-order valence-corrected chi connectivity index (χ0v) is 15.5. The van der Waals surface area contributed by atoms with Crippen LogP contribution >= 0.6 is 0 Å². The van der Waals surface area contributed by atoms with Crippen LogP contribution in [0.2, 0.25) is 0 Å². The molecule has 0 aliphatic rings. The number of hydrogen-bond acceptors (Lipinski definition) is 3. The molecular weight excluding hydrogens is 355 g/mol. The number of aryl methyl sites for hydroxylation is 2. The third kappa shape index (κ3) is 3.30. The van der Waals surface area contributed by atoms with E-state index in [-0.39, 0.29) is 5.88 Å². The Balaban J connectivity index is 1.81. The Hall–Kier alpha value is -3.72. The first-order chi connectivity index (χ1) is 13.5. The third-order valence-corrected chi connectivity index (χ3v) is 4.52. The standard InChI is InChI=1S/C22H17FN4O/c1-14-11-17(24-3)12-15(2)20(14)28-21-19-18(25-22(23)26-21)9-10-27(19)13-16-7-5-4-6-8-16/h4-12H,13H2,1-2H3. The lowest BCUT2D eigenvalue weighted by Gasteiger charge is -2.14. The molecule has 0 aliphatic carbocycles. The normalized spacial score (nSPS) is 10.8. The van der Waals surface area contributed by atoms with E-state index >= 15 is 0 Å². The summed E-state index contributed by atoms with van der Waals surface area (Å²) in [5, 5.41) is 0. The van der Waals surface area contributed by atoms with Crippen molar-refractivity contribution in [2.75, 3.05) is 0 Å². The van der Waals surface area contributed by atoms with E-state index in [1.807, 2.05) is 54.9 Å². The second-order valence-electron chi connectivity index (χ2n) is 6.58. The fraction of sp³-hybridized carbons (Fsp3) is 0.136. The van der Waals surface area contributed by atoms with Gasteiger partial charge in [-0.3, -0.25) is 0 Å². The minimum Gasteiger partial charge on any atom is -0.436 e. The number of ether oxygens (including phenoxy) is 1. The van der Waals surface area contributed by atoms with Crippen molar-refractivity contribution in [2.24, 2.45) is 0 Å². The number of rotatable bonds is 4. The number of hydrogen-bond donors (Lipinski definition) is 0. The molecule has 0 aliphatic heterocycles. The zero-order valence-electron chi connectivity index (χ0n) is 15.5. The predicted octanol–water partition coefficient (Wildman–Crippen LogP) is 5.58. The van der Waals surface area contributed by atoms with Crippen molar-refractivity contribution in [3.63, 3.8) is 0 Å². The van der Waals surface area contributed by atoms with Gasteiger partial charge < -0.3 is 9.30 Å². The van der Waals surface area contributed by atoms with Crippen LogP contribution in [0.3, 0.4) is 0 Å². The van der Waals surface area contributed by atoms with Crippen molar-refractivity contribution in [1.29, 1.82) is 0 Å². The van der Waals surface area contributed by atoms with Gasteiger partial charge in [-0.25, -0.2) is 9.83 Å². The van der Waals surface area contributed by atoms with Gasteiger partial charge in [-0.2, -0.15) is 9.37 Å². The maximum atomic E-state index is 14.0. The zero-order chi connectivity index (χ0) is 19.7. The molecule has 2 aromatic heterocycles. The van der Waals surface area contributed by atoms with Gasteiger partial charge in [0.05, 0.1) is 12.1 Å². The minimum atomic E-state index is -0.840. The topological polar surface area (TPSA) is 44.3 Å². The quantitative estimate of drug-likeness (QED) is 0.347. The molecule has 2 heterocycles. The van der Waals surface area contributed by atoms with E-state index < -0.39 is 6.08 Å². The van der Waals surface area contributed by atoms with E-state index in [1.54, 1.807) is 18.2 Å². The van der Waals surface area contributed by atoms with Crippen LogP contribution in [0.25, 0.3) is 15.9 Å². The summed E-state index contributed by atoms with van der Waals surface area (Å²) in [6.45, 7) is 11.5. The summed E-state index contributed by atoms with van der Waals surface area (Å²) in [7, 11) is 0. The summed E-state index contributed by atoms with van der Waals surface area (Å²) in [4.78, 5) is 11.3. The number of fused-ring (bicyclic) bond motifs is 1. The van der Waals surface area contributed by atoms with Crippen molar-refractivity contribution in [2.45, 2.75) is 20.4 Å². The van der Waals surface area contributed by atoms with Crippen LogP contribution in [-0.2, 0) is 6.54 Å². The Kier molecular flexibility index (Phi) is 4.50. The molecule has 0 atom stereocenters. The summed E-state index contributed by atoms with van der Waals surface area (Å²) < 4.78 is 22.0. The van der Waals surface area contributed by atoms with E-state index in [0.29, 0.717) is 29.0 Å². The molecular formula is C22H17FN4O. The third-order valence-electron chi connectivity index (χ3n) is 4.52. The van der Waals surface area contributed by atoms with Crippen molar-refractivity contribution < 1.29 is 9.13 Å². The van der Waals surface area contributed by atoms with Crippen LogP contribution in [0.15, 0.2) is 54.7 Å². The average Bonchev–Trinajstić information content (AvgIpc) is 3.07. The fourth-order valence-electron chi connectivity index (χ4n) is 3.28. The van der Waals surface area contributed by atoms with Gasteiger partial charge in [0, 0.05) is 12.7 Å². The monoisotopic (exact) mass is 372 g/mol. The lowest BCUT2D eigenvalue weighted by Crippen LogP contribution is -2.03. The molecule has 0 radical (unpaired) electrons. The maximum Gasteiger partial charge on any atom is 0.312 e. The second-order valence-corrected chi connectivity index (χ2v) is 6.58. The van der Waals surface area contributed by atoms with Gasteiger partial charge in [0.25, 0.3) is 0 Å². The molecule has 0 unspecified atom stereocenters. The molecule has 0 N–H and O–H groups in total. The van der Waals surface area contributed by atoms with E-state index in [4.69, 9.17) is 11.3 Å². The lowest BCUT2D eigenvalue weighted by atomic mass is 10.1. The Bertz CT molecular complexity index is 1190. The van der Waals surface area contributed by atoms with Crippen molar-refractivity contribution in [3.8, 4) is 11.6 Å². The second kappa shape index (κ2) is 7.12. The van der Waals surface area contributed by atoms with Crippen LogP contribution in [0.5, 0.6) is 11.6 Å². The van der Waals surface area contributed by atoms with Gasteiger partial charge >= 0.3 is 6.08 Å². The van der Waals surface area contributed by atoms with E-state index in [9.17, 15) is 4.39 Å². The van der Waals surface area contributed by atoms with E-state index in [0.717, 1.165) is 16.7 Å². The van der Waals surface area contributed by atoms with E-state index in [2.05, 4.69) is 14.8 Å². The van der Waals surface area contributed by atoms with Crippen molar-refractivity contribution in [3.05, 3.63) is 88.9 Å². The smallest absolute Gasteiger partial charge is 0.312 e. The highest BCUT2D eigenvalue weighted by atomic mass is 19.1. The van der Waals surface area contributed by atoms with Gasteiger partial charge in [0.15, 0.2) is 5.69 Å². The molecule has 6 heteroatoms. The average molecular weight is 372 g/mol. The van der Waals surface area contributed by atoms with Gasteiger partial charge in [-0.1, -0.05) is 30.3 Å². The van der Waals surface area contributed by atoms with Crippen molar-refractivity contribution >= 4 is 16.7 Å². The minimum absolute atomic E-state index is 0.158. The molecule has 4 aromatic rings. The molecule has 0 amide bonds. The first kappa shape index (κ1) is 17.7. The van der Waals surface area contributed by atoms with Gasteiger partial charge in [0.1, 0.15) is 11.3 Å². The van der Waals surface area contributed by atoms with Gasteiger partial charge in [-0.05, 0) is 48.7 Å². The number of aromatic nitrogens is 3. The van der Waals surface area contributed by atoms with Gasteiger partial charge in [-0.15, -0.1) is 0 Å². The molecule has 138 valence electrons. The Morgan fingerprint density at radius 2 is 1.79 bits per heavy atom. The van der Waals surface area contributed by atoms with Crippen LogP contribution in [0, 0.1) is 26.5 Å². The molecule has 0 spiro atoms. The van der Waals surface area contributed by atoms with Crippen LogP contribution < -0.4 is 4.74 Å². The summed E-state index contributed by atoms with van der Waals surface area (Å²) >= 11 is 0. The highest BCUT2D eigenvalue weighted by Gasteiger charge is 2.17. The van der Waals surface area contributed by atoms with Crippen LogP contribution in [0.1, 0.15) is 16.7 Å². The summed E-state index contributed by atoms with van der Waals surface area (Å²) in [6.07, 6.45) is 1.01. The number of halogens is 1. The number of benzene rings is 2. The first-order valence-electron chi connectivity index (χ1n) is 8.78. The van der Waals surface area contributed by atoms with Crippen molar-refractivity contribution in [1.82, 2.24) is 14.5 Å². The van der Waals surface area contributed by atoms with Crippen LogP contribution in [-0.4, -0.2) is 14.5 Å². The molecule has 0 fully saturated rings. The Labute approximate surface area is 161 Å². The van der Waals surface area contributed by atoms with Gasteiger partial charge in [0.2, 0.25) is 5.88 Å². The lowest BCUT2D eigenvalue weighted by molar-refractivity contribution is 0.435. The SMILES string of the molecule is [C-]#[N+]c1cc(C)c(Oc2nc(F)nc3ccn(Cc4ccccc4)c23)c(C)c1. The summed E-state index contributed by atoms with van der Waals surface area (Å²) in [5.74, 6) is 0.726. The molecule has 4 rings (SSSR count).